The fourth-order valence-electron chi connectivity index (χ4n) is 3.49. The Hall–Kier alpha value is -4.01. The van der Waals surface area contributed by atoms with E-state index in [0.717, 1.165) is 11.1 Å². The summed E-state index contributed by atoms with van der Waals surface area (Å²) < 4.78 is 17.3. The Labute approximate surface area is 178 Å². The molecule has 2 N–H and O–H groups in total. The number of aromatic nitrogens is 2. The van der Waals surface area contributed by atoms with Crippen LogP contribution in [0.25, 0.3) is 11.1 Å². The lowest BCUT2D eigenvalue weighted by Gasteiger charge is -2.10. The third-order valence-electron chi connectivity index (χ3n) is 5.08. The number of methoxy groups -OCH3 is 3. The summed E-state index contributed by atoms with van der Waals surface area (Å²) in [5.74, 6) is 1.83. The van der Waals surface area contributed by atoms with Gasteiger partial charge in [0.05, 0.1) is 33.9 Å². The molecule has 1 unspecified atom stereocenters. The molecular formula is C22H22N4O5. The molecule has 1 aliphatic rings. The summed E-state index contributed by atoms with van der Waals surface area (Å²) in [6, 6.07) is 11.7. The third kappa shape index (κ3) is 3.89. The monoisotopic (exact) mass is 422 g/mol. The summed E-state index contributed by atoms with van der Waals surface area (Å²) in [5.41, 5.74) is 2.16. The van der Waals surface area contributed by atoms with Gasteiger partial charge in [-0.2, -0.15) is 5.10 Å². The van der Waals surface area contributed by atoms with Gasteiger partial charge in [-0.15, -0.1) is 0 Å². The average Bonchev–Trinajstić information content (AvgIpc) is 3.33. The van der Waals surface area contributed by atoms with Crippen LogP contribution in [-0.4, -0.2) is 42.9 Å². The molecule has 31 heavy (non-hydrogen) atoms. The number of hydrogen-bond acceptors (Lipinski definition) is 6. The van der Waals surface area contributed by atoms with Gasteiger partial charge in [-0.1, -0.05) is 6.07 Å². The molecule has 9 nitrogen and oxygen atoms in total. The molecule has 1 aliphatic heterocycles. The van der Waals surface area contributed by atoms with Gasteiger partial charge >= 0.3 is 0 Å². The highest BCUT2D eigenvalue weighted by molar-refractivity contribution is 6.04. The highest BCUT2D eigenvalue weighted by atomic mass is 16.5. The summed E-state index contributed by atoms with van der Waals surface area (Å²) in [6.07, 6.45) is 1.61. The number of anilines is 2. The van der Waals surface area contributed by atoms with Crippen molar-refractivity contribution in [3.63, 3.8) is 0 Å². The molecular weight excluding hydrogens is 400 g/mol. The number of carbonyl (C=O) groups excluding carboxylic acids is 2. The van der Waals surface area contributed by atoms with Gasteiger partial charge in [0.15, 0.2) is 11.5 Å². The molecule has 2 heterocycles. The molecule has 1 atom stereocenters. The lowest BCUT2D eigenvalue weighted by molar-refractivity contribution is -0.123. The number of ether oxygens (including phenoxy) is 3. The zero-order chi connectivity index (χ0) is 22.0. The highest BCUT2D eigenvalue weighted by Gasteiger charge is 2.35. The minimum atomic E-state index is -0.734. The van der Waals surface area contributed by atoms with E-state index in [9.17, 15) is 9.59 Å². The van der Waals surface area contributed by atoms with Crippen molar-refractivity contribution in [1.29, 1.82) is 0 Å². The summed E-state index contributed by atoms with van der Waals surface area (Å²) in [7, 11) is 4.70. The van der Waals surface area contributed by atoms with E-state index in [1.54, 1.807) is 62.5 Å². The van der Waals surface area contributed by atoms with Gasteiger partial charge in [0.2, 0.25) is 5.91 Å². The van der Waals surface area contributed by atoms with Crippen LogP contribution in [0.1, 0.15) is 12.5 Å². The van der Waals surface area contributed by atoms with Crippen LogP contribution in [0.3, 0.4) is 0 Å². The molecule has 2 aromatic carbocycles. The largest absolute Gasteiger partial charge is 0.497 e. The van der Waals surface area contributed by atoms with Crippen molar-refractivity contribution in [2.75, 3.05) is 32.0 Å². The van der Waals surface area contributed by atoms with E-state index >= 15 is 0 Å². The van der Waals surface area contributed by atoms with Crippen molar-refractivity contribution in [2.24, 2.45) is 0 Å². The van der Waals surface area contributed by atoms with Gasteiger partial charge < -0.3 is 24.8 Å². The Kier molecular flexibility index (Phi) is 5.48. The first-order valence-corrected chi connectivity index (χ1v) is 9.58. The van der Waals surface area contributed by atoms with Gasteiger partial charge in [-0.05, 0) is 42.0 Å². The number of benzene rings is 2. The quantitative estimate of drug-likeness (QED) is 0.606. The standard InChI is InChI=1S/C22H22N4O5/c1-29-15-7-5-14(6-8-15)24-20(27)11-17-22(28)25-21-16(12-23-26(17)21)13-4-9-18(30-2)19(10-13)31-3/h4-10,12,17H,11H2,1-3H3,(H,24,27)(H,25,28). The van der Waals surface area contributed by atoms with Crippen LogP contribution in [0.5, 0.6) is 17.2 Å². The Morgan fingerprint density at radius 1 is 1.06 bits per heavy atom. The first-order chi connectivity index (χ1) is 15.0. The lowest BCUT2D eigenvalue weighted by atomic mass is 10.1. The fourth-order valence-corrected chi connectivity index (χ4v) is 3.49. The van der Waals surface area contributed by atoms with Gasteiger partial charge in [-0.25, -0.2) is 4.68 Å². The number of nitrogens with one attached hydrogen (secondary N) is 2. The molecule has 0 saturated carbocycles. The van der Waals surface area contributed by atoms with E-state index in [1.165, 1.54) is 0 Å². The van der Waals surface area contributed by atoms with E-state index in [0.29, 0.717) is 28.8 Å². The zero-order valence-corrected chi connectivity index (χ0v) is 17.3. The fraction of sp³-hybridized carbons (Fsp3) is 0.227. The Bertz CT molecular complexity index is 1120. The molecule has 0 spiro atoms. The van der Waals surface area contributed by atoms with Crippen LogP contribution >= 0.6 is 0 Å². The Morgan fingerprint density at radius 2 is 1.81 bits per heavy atom. The summed E-state index contributed by atoms with van der Waals surface area (Å²) in [6.45, 7) is 0. The molecule has 0 aliphatic carbocycles. The maximum absolute atomic E-state index is 12.6. The van der Waals surface area contributed by atoms with Crippen LogP contribution in [0.15, 0.2) is 48.7 Å². The van der Waals surface area contributed by atoms with E-state index in [4.69, 9.17) is 14.2 Å². The van der Waals surface area contributed by atoms with Crippen LogP contribution in [0.2, 0.25) is 0 Å². The molecule has 0 radical (unpaired) electrons. The first-order valence-electron chi connectivity index (χ1n) is 9.58. The van der Waals surface area contributed by atoms with Crippen molar-refractivity contribution < 1.29 is 23.8 Å². The van der Waals surface area contributed by atoms with Gasteiger partial charge in [0.25, 0.3) is 5.91 Å². The van der Waals surface area contributed by atoms with Crippen molar-refractivity contribution in [1.82, 2.24) is 9.78 Å². The van der Waals surface area contributed by atoms with E-state index < -0.39 is 6.04 Å². The van der Waals surface area contributed by atoms with Crippen LogP contribution in [0.4, 0.5) is 11.5 Å². The Morgan fingerprint density at radius 3 is 2.48 bits per heavy atom. The predicted molar refractivity (Wildman–Crippen MR) is 115 cm³/mol. The number of hydrogen-bond donors (Lipinski definition) is 2. The molecule has 0 saturated heterocycles. The first kappa shape index (κ1) is 20.3. The van der Waals surface area contributed by atoms with Crippen LogP contribution in [-0.2, 0) is 9.59 Å². The zero-order valence-electron chi connectivity index (χ0n) is 17.3. The van der Waals surface area contributed by atoms with Crippen molar-refractivity contribution in [3.8, 4) is 28.4 Å². The normalized spacial score (nSPS) is 14.5. The van der Waals surface area contributed by atoms with Gasteiger partial charge in [0, 0.05) is 11.3 Å². The van der Waals surface area contributed by atoms with Gasteiger partial charge in [0.1, 0.15) is 17.6 Å². The number of rotatable bonds is 7. The molecule has 0 fully saturated rings. The number of amides is 2. The van der Waals surface area contributed by atoms with Crippen LogP contribution in [0, 0.1) is 0 Å². The molecule has 2 amide bonds. The second kappa shape index (κ2) is 8.39. The summed E-state index contributed by atoms with van der Waals surface area (Å²) in [4.78, 5) is 25.1. The minimum Gasteiger partial charge on any atom is -0.497 e. The number of carbonyl (C=O) groups is 2. The highest BCUT2D eigenvalue weighted by Crippen LogP contribution is 2.39. The molecule has 4 rings (SSSR count). The molecule has 0 bridgehead atoms. The summed E-state index contributed by atoms with van der Waals surface area (Å²) in [5, 5.41) is 9.98. The second-order valence-corrected chi connectivity index (χ2v) is 6.91. The maximum Gasteiger partial charge on any atom is 0.251 e. The average molecular weight is 422 g/mol. The molecule has 1 aromatic heterocycles. The molecule has 160 valence electrons. The van der Waals surface area contributed by atoms with Gasteiger partial charge in [-0.3, -0.25) is 9.59 Å². The van der Waals surface area contributed by atoms with E-state index in [2.05, 4.69) is 15.7 Å². The predicted octanol–water partition coefficient (Wildman–Crippen LogP) is 3.10. The second-order valence-electron chi connectivity index (χ2n) is 6.91. The molecule has 3 aromatic rings. The van der Waals surface area contributed by atoms with Crippen molar-refractivity contribution in [2.45, 2.75) is 12.5 Å². The number of fused-ring (bicyclic) bond motifs is 1. The number of nitrogens with zero attached hydrogens (tertiary/aromatic N) is 2. The summed E-state index contributed by atoms with van der Waals surface area (Å²) >= 11 is 0. The SMILES string of the molecule is COc1ccc(NC(=O)CC2C(=O)Nc3c(-c4ccc(OC)c(OC)c4)cnn32)cc1. The molecule has 9 heteroatoms. The van der Waals surface area contributed by atoms with Crippen molar-refractivity contribution in [3.05, 3.63) is 48.7 Å². The van der Waals surface area contributed by atoms with E-state index in [1.807, 2.05) is 12.1 Å². The minimum absolute atomic E-state index is 0.0437. The van der Waals surface area contributed by atoms with Crippen molar-refractivity contribution >= 4 is 23.3 Å². The smallest absolute Gasteiger partial charge is 0.251 e. The maximum atomic E-state index is 12.6. The third-order valence-corrected chi connectivity index (χ3v) is 5.08. The topological polar surface area (TPSA) is 104 Å². The lowest BCUT2D eigenvalue weighted by Crippen LogP contribution is -2.23. The Balaban J connectivity index is 1.53. The van der Waals surface area contributed by atoms with Crippen LogP contribution < -0.4 is 24.8 Å². The van der Waals surface area contributed by atoms with E-state index in [-0.39, 0.29) is 18.2 Å².